The Kier molecular flexibility index (Phi) is 9.85. The Balaban J connectivity index is 1.23. The number of pyridine rings is 1. The van der Waals surface area contributed by atoms with Crippen LogP contribution >= 0.6 is 0 Å². The van der Waals surface area contributed by atoms with Gasteiger partial charge in [-0.3, -0.25) is 0 Å². The van der Waals surface area contributed by atoms with E-state index in [9.17, 15) is 1.37 Å². The third-order valence-corrected chi connectivity index (χ3v) is 19.3. The Labute approximate surface area is 456 Å². The van der Waals surface area contributed by atoms with Gasteiger partial charge in [-0.1, -0.05) is 186 Å². The molecule has 5 heterocycles. The van der Waals surface area contributed by atoms with Crippen molar-refractivity contribution in [1.82, 2.24) is 4.57 Å². The van der Waals surface area contributed by atoms with E-state index in [0.29, 0.717) is 5.56 Å². The fourth-order valence-electron chi connectivity index (χ4n) is 13.6. The molecule has 0 bridgehead atoms. The third-order valence-electron chi connectivity index (χ3n) is 17.3. The maximum absolute atomic E-state index is 17.5. The lowest BCUT2D eigenvalue weighted by Gasteiger charge is -2.27. The summed E-state index contributed by atoms with van der Waals surface area (Å²) in [6.07, 6.45) is 2.47. The predicted octanol–water partition coefficient (Wildman–Crippen LogP) is 17.4. The first-order chi connectivity index (χ1) is 38.3. The highest BCUT2D eigenvalue weighted by Gasteiger charge is 2.68. The Morgan fingerprint density at radius 1 is 0.577 bits per heavy atom. The van der Waals surface area contributed by atoms with Gasteiger partial charge in [0.2, 0.25) is 5.69 Å². The molecule has 6 heteroatoms. The van der Waals surface area contributed by atoms with E-state index in [1.807, 2.05) is 48.5 Å². The van der Waals surface area contributed by atoms with Crippen LogP contribution in [0.5, 0.6) is 0 Å². The van der Waals surface area contributed by atoms with E-state index >= 15 is 4.39 Å². The minimum absolute atomic E-state index is 0.0591. The summed E-state index contributed by atoms with van der Waals surface area (Å²) >= 11 is 0. The molecule has 10 aromatic carbocycles. The first kappa shape index (κ1) is 45.5. The summed E-state index contributed by atoms with van der Waals surface area (Å²) < 4.78 is 43.0. The van der Waals surface area contributed by atoms with Crippen molar-refractivity contribution in [3.63, 3.8) is 0 Å². The molecule has 3 aromatic heterocycles. The zero-order valence-corrected chi connectivity index (χ0v) is 45.9. The number of hydrogen-bond donors (Lipinski definition) is 0. The first-order valence-electron chi connectivity index (χ1n) is 27.9. The molecule has 0 radical (unpaired) electrons. The zero-order valence-electron chi connectivity index (χ0n) is 45.9. The summed E-state index contributed by atoms with van der Waals surface area (Å²) in [6.45, 7) is 16.0. The summed E-state index contributed by atoms with van der Waals surface area (Å²) in [5, 5.41) is 7.83. The maximum atomic E-state index is 17.5. The van der Waals surface area contributed by atoms with Crippen molar-refractivity contribution in [3.8, 4) is 61.7 Å². The van der Waals surface area contributed by atoms with Gasteiger partial charge in [0.05, 0.1) is 24.8 Å². The average molecular weight is 1030 g/mol. The summed E-state index contributed by atoms with van der Waals surface area (Å²) in [7, 11) is -2.22. The third kappa shape index (κ3) is 6.38. The highest BCUT2D eigenvalue weighted by molar-refractivity contribution is 6.89. The summed E-state index contributed by atoms with van der Waals surface area (Å²) in [4.78, 5) is 0. The Bertz CT molecular complexity index is 4730. The molecule has 78 heavy (non-hydrogen) atoms. The minimum atomic E-state index is -2.22. The molecule has 2 unspecified atom stereocenters. The number of fused-ring (bicyclic) bond motifs is 21. The van der Waals surface area contributed by atoms with Crippen molar-refractivity contribution in [2.24, 2.45) is 5.92 Å². The van der Waals surface area contributed by atoms with Crippen LogP contribution in [0.1, 0.15) is 50.3 Å². The van der Waals surface area contributed by atoms with Crippen molar-refractivity contribution in [2.75, 3.05) is 0 Å². The molecule has 0 N–H and O–H groups in total. The van der Waals surface area contributed by atoms with Gasteiger partial charge >= 0.3 is 11.5 Å². The molecule has 0 aliphatic carbocycles. The molecular formula is C72H58FN3OSi+2. The number of halogens is 1. The molecule has 0 amide bonds. The molecule has 0 fully saturated rings. The molecule has 2 aliphatic rings. The van der Waals surface area contributed by atoms with Crippen molar-refractivity contribution in [1.29, 1.82) is 0 Å². The van der Waals surface area contributed by atoms with Crippen molar-refractivity contribution in [3.05, 3.63) is 241 Å². The van der Waals surface area contributed by atoms with E-state index < -0.39 is 19.6 Å². The molecule has 0 saturated heterocycles. The summed E-state index contributed by atoms with van der Waals surface area (Å²) in [5.74, 6) is -0.167. The standard InChI is InChI=1S/C72H58FN3OSi/c1-43(2)45(4)56-40-62-54-33-21-22-34-59(54)72(74(62)42-65(56)78(5,6)7)60-37-44(3)66-55-36-35-49(46-23-11-8-12-24-46)38-64(55)77-70(66)67(60)71-75(68-52-31-19-17-29-50(52)51-30-18-20-32-53(51)69(68)76(71)72)63-41-57(47-25-13-9-14-26-47)61(73)39-58(63)48-27-15-10-16-28-48/h8-43,45H,1-7H3/q+2/i45D. The lowest BCUT2D eigenvalue weighted by molar-refractivity contribution is -0.944. The van der Waals surface area contributed by atoms with Crippen LogP contribution in [0, 0.1) is 18.7 Å². The van der Waals surface area contributed by atoms with Crippen LogP contribution in [0.25, 0.3) is 116 Å². The van der Waals surface area contributed by atoms with Crippen LogP contribution in [-0.4, -0.2) is 12.6 Å². The molecule has 376 valence electrons. The van der Waals surface area contributed by atoms with Crippen molar-refractivity contribution in [2.45, 2.75) is 58.9 Å². The first-order valence-corrected chi connectivity index (χ1v) is 30.9. The molecule has 4 nitrogen and oxygen atoms in total. The number of benzene rings is 10. The Hall–Kier alpha value is -8.71. The summed E-state index contributed by atoms with van der Waals surface area (Å²) in [5.41, 5.74) is 16.3. The van der Waals surface area contributed by atoms with Crippen molar-refractivity contribution < 1.29 is 19.3 Å². The number of aryl methyl sites for hydroxylation is 1. The topological polar surface area (TPSA) is 25.8 Å². The van der Waals surface area contributed by atoms with Gasteiger partial charge in [0, 0.05) is 45.3 Å². The molecule has 0 saturated carbocycles. The predicted molar refractivity (Wildman–Crippen MR) is 322 cm³/mol. The highest BCUT2D eigenvalue weighted by Crippen LogP contribution is 2.55. The second kappa shape index (κ2) is 16.9. The normalized spacial score (nSPS) is 15.6. The van der Waals surface area contributed by atoms with E-state index in [4.69, 9.17) is 4.42 Å². The van der Waals surface area contributed by atoms with Crippen LogP contribution in [0.3, 0.4) is 0 Å². The van der Waals surface area contributed by atoms with Gasteiger partial charge in [-0.2, -0.15) is 4.57 Å². The molecule has 1 spiro atoms. The second-order valence-electron chi connectivity index (χ2n) is 23.0. The lowest BCUT2D eigenvalue weighted by Crippen LogP contribution is -2.72. The van der Waals surface area contributed by atoms with Crippen LogP contribution in [0.15, 0.2) is 217 Å². The maximum Gasteiger partial charge on any atom is 0.364 e. The second-order valence-corrected chi connectivity index (χ2v) is 28.1. The molecular weight excluding hydrogens is 970 g/mol. The van der Waals surface area contributed by atoms with E-state index in [1.165, 1.54) is 5.19 Å². The van der Waals surface area contributed by atoms with Crippen LogP contribution in [0.2, 0.25) is 19.6 Å². The zero-order chi connectivity index (χ0) is 53.9. The summed E-state index contributed by atoms with van der Waals surface area (Å²) in [6, 6.07) is 72.8. The average Bonchev–Trinajstić information content (AvgIpc) is 1.67. The van der Waals surface area contributed by atoms with Crippen LogP contribution in [0.4, 0.5) is 4.39 Å². The molecule has 15 rings (SSSR count). The largest absolute Gasteiger partial charge is 0.455 e. The Morgan fingerprint density at radius 2 is 1.18 bits per heavy atom. The number of nitrogens with zero attached hydrogens (tertiary/aromatic N) is 3. The van der Waals surface area contributed by atoms with E-state index in [0.717, 1.165) is 133 Å². The van der Waals surface area contributed by atoms with Gasteiger partial charge in [0.15, 0.2) is 22.8 Å². The number of aromatic nitrogens is 3. The van der Waals surface area contributed by atoms with Crippen LogP contribution < -0.4 is 14.3 Å². The van der Waals surface area contributed by atoms with Crippen molar-refractivity contribution >= 4 is 67.8 Å². The van der Waals surface area contributed by atoms with E-state index in [2.05, 4.69) is 219 Å². The quantitative estimate of drug-likeness (QED) is 0.0887. The number of imidazole rings is 1. The minimum Gasteiger partial charge on any atom is -0.455 e. The van der Waals surface area contributed by atoms with E-state index in [-0.39, 0.29) is 11.7 Å². The van der Waals surface area contributed by atoms with Gasteiger partial charge in [0.1, 0.15) is 22.7 Å². The van der Waals surface area contributed by atoms with Crippen LogP contribution in [-0.2, 0) is 5.66 Å². The molecule has 2 aliphatic heterocycles. The van der Waals surface area contributed by atoms with Gasteiger partial charge in [0.25, 0.3) is 0 Å². The smallest absolute Gasteiger partial charge is 0.364 e. The van der Waals surface area contributed by atoms with Gasteiger partial charge in [-0.05, 0) is 117 Å². The number of rotatable bonds is 7. The highest BCUT2D eigenvalue weighted by atomic mass is 28.3. The Morgan fingerprint density at radius 3 is 1.86 bits per heavy atom. The lowest BCUT2D eigenvalue weighted by atomic mass is 9.87. The fourth-order valence-corrected chi connectivity index (χ4v) is 15.2. The molecule has 2 atom stereocenters. The monoisotopic (exact) mass is 1030 g/mol. The SMILES string of the molecule is [2H]C(C)(c1cc2[n+](cc1[Si](C)(C)C)C1(c3ccccc3-2)c2cc(C)c3c(oc4cc(-c5ccccc5)ccc43)c2-c2n(-c3cc(-c4ccccc4)c(F)cc3-c3ccccc3)c3c4ccccc4c4ccccc4c3[n+]21)C(C)C. The van der Waals surface area contributed by atoms with Gasteiger partial charge in [-0.15, -0.1) is 9.13 Å². The van der Waals surface area contributed by atoms with Gasteiger partial charge < -0.3 is 4.42 Å². The van der Waals surface area contributed by atoms with Gasteiger partial charge in [-0.25, -0.2) is 4.39 Å². The van der Waals surface area contributed by atoms with E-state index in [1.54, 1.807) is 6.07 Å². The molecule has 13 aromatic rings. The number of furan rings is 1. The number of hydrogen-bond acceptors (Lipinski definition) is 1. The fraction of sp³-hybridized carbons (Fsp3) is 0.139.